The second-order valence-electron chi connectivity index (χ2n) is 3.28. The molecule has 1 aromatic heterocycles. The highest BCUT2D eigenvalue weighted by atomic mass is 16.5. The first-order valence-corrected chi connectivity index (χ1v) is 5.29. The number of hydrogen-bond acceptors (Lipinski definition) is 4. The van der Waals surface area contributed by atoms with Crippen molar-refractivity contribution in [1.29, 1.82) is 0 Å². The van der Waals surface area contributed by atoms with Gasteiger partial charge in [0.05, 0.1) is 20.0 Å². The summed E-state index contributed by atoms with van der Waals surface area (Å²) in [5.74, 6) is 0.642. The first kappa shape index (κ1) is 12.5. The van der Waals surface area contributed by atoms with Gasteiger partial charge in [-0.3, -0.25) is 0 Å². The fraction of sp³-hybridized carbons (Fsp3) is 0.417. The molecule has 0 radical (unpaired) electrons. The zero-order chi connectivity index (χ0) is 11.6. The van der Waals surface area contributed by atoms with Crippen LogP contribution in [0.25, 0.3) is 0 Å². The van der Waals surface area contributed by atoms with E-state index in [-0.39, 0.29) is 0 Å². The van der Waals surface area contributed by atoms with Gasteiger partial charge in [-0.05, 0) is 18.5 Å². The third kappa shape index (κ3) is 4.79. The highest BCUT2D eigenvalue weighted by molar-refractivity contribution is 5.17. The molecular formula is C12H18N2O2. The zero-order valence-electron chi connectivity index (χ0n) is 9.61. The van der Waals surface area contributed by atoms with Crippen molar-refractivity contribution in [2.24, 2.45) is 0 Å². The summed E-state index contributed by atoms with van der Waals surface area (Å²) in [6, 6.07) is 3.86. The van der Waals surface area contributed by atoms with Crippen molar-refractivity contribution in [3.8, 4) is 5.88 Å². The fourth-order valence-electron chi connectivity index (χ4n) is 1.23. The lowest BCUT2D eigenvalue weighted by molar-refractivity contribution is 0.244. The maximum absolute atomic E-state index is 5.01. The van der Waals surface area contributed by atoms with Crippen LogP contribution >= 0.6 is 0 Å². The van der Waals surface area contributed by atoms with Gasteiger partial charge >= 0.3 is 0 Å². The van der Waals surface area contributed by atoms with Gasteiger partial charge in [0.1, 0.15) is 0 Å². The van der Waals surface area contributed by atoms with Crippen LogP contribution in [0.4, 0.5) is 0 Å². The van der Waals surface area contributed by atoms with E-state index in [1.165, 1.54) is 6.26 Å². The Hall–Kier alpha value is -1.55. The molecule has 88 valence electrons. The first-order chi connectivity index (χ1) is 7.86. The van der Waals surface area contributed by atoms with Crippen LogP contribution in [0.5, 0.6) is 5.88 Å². The van der Waals surface area contributed by atoms with Crippen molar-refractivity contribution >= 4 is 0 Å². The summed E-state index contributed by atoms with van der Waals surface area (Å²) in [6.07, 6.45) is 4.25. The standard InChI is InChI=1S/C12H18N2O2/c1-3-16-8-4-7-13-9-11-5-6-12(15-2)14-10-11/h3,5-6,10,13H,1,4,7-9H2,2H3. The second-order valence-corrected chi connectivity index (χ2v) is 3.28. The maximum atomic E-state index is 5.01. The number of rotatable bonds is 8. The lowest BCUT2D eigenvalue weighted by atomic mass is 10.3. The van der Waals surface area contributed by atoms with Gasteiger partial charge in [0.2, 0.25) is 5.88 Å². The molecular weight excluding hydrogens is 204 g/mol. The van der Waals surface area contributed by atoms with Gasteiger partial charge in [0.25, 0.3) is 0 Å². The predicted molar refractivity (Wildman–Crippen MR) is 63.3 cm³/mol. The van der Waals surface area contributed by atoms with Gasteiger partial charge in [-0.15, -0.1) is 0 Å². The number of nitrogens with one attached hydrogen (secondary N) is 1. The van der Waals surface area contributed by atoms with Crippen LogP contribution in [0.15, 0.2) is 31.2 Å². The van der Waals surface area contributed by atoms with Crippen molar-refractivity contribution in [3.05, 3.63) is 36.7 Å². The average molecular weight is 222 g/mol. The van der Waals surface area contributed by atoms with Crippen LogP contribution in [-0.2, 0) is 11.3 Å². The van der Waals surface area contributed by atoms with Crippen LogP contribution < -0.4 is 10.1 Å². The molecule has 1 N–H and O–H groups in total. The topological polar surface area (TPSA) is 43.4 Å². The van der Waals surface area contributed by atoms with E-state index in [1.807, 2.05) is 18.3 Å². The highest BCUT2D eigenvalue weighted by Gasteiger charge is 1.95. The quantitative estimate of drug-likeness (QED) is 0.537. The number of hydrogen-bond donors (Lipinski definition) is 1. The number of pyridine rings is 1. The molecule has 0 unspecified atom stereocenters. The summed E-state index contributed by atoms with van der Waals surface area (Å²) in [7, 11) is 1.61. The van der Waals surface area contributed by atoms with Crippen LogP contribution in [0, 0.1) is 0 Å². The van der Waals surface area contributed by atoms with E-state index < -0.39 is 0 Å². The Morgan fingerprint density at radius 2 is 2.38 bits per heavy atom. The van der Waals surface area contributed by atoms with Crippen LogP contribution in [0.3, 0.4) is 0 Å². The molecule has 0 spiro atoms. The molecule has 16 heavy (non-hydrogen) atoms. The number of ether oxygens (including phenoxy) is 2. The van der Waals surface area contributed by atoms with E-state index in [9.17, 15) is 0 Å². The number of aromatic nitrogens is 1. The van der Waals surface area contributed by atoms with E-state index in [0.29, 0.717) is 12.5 Å². The van der Waals surface area contributed by atoms with Gasteiger partial charge in [-0.1, -0.05) is 12.6 Å². The molecule has 0 saturated carbocycles. The lowest BCUT2D eigenvalue weighted by Crippen LogP contribution is -2.16. The Morgan fingerprint density at radius 1 is 1.50 bits per heavy atom. The zero-order valence-corrected chi connectivity index (χ0v) is 9.61. The summed E-state index contributed by atoms with van der Waals surface area (Å²) < 4.78 is 9.99. The largest absolute Gasteiger partial charge is 0.502 e. The molecule has 0 aliphatic carbocycles. The van der Waals surface area contributed by atoms with Gasteiger partial charge in [-0.2, -0.15) is 0 Å². The first-order valence-electron chi connectivity index (χ1n) is 5.29. The summed E-state index contributed by atoms with van der Waals surface area (Å²) in [5.41, 5.74) is 1.14. The summed E-state index contributed by atoms with van der Waals surface area (Å²) in [6.45, 7) is 5.91. The molecule has 1 rings (SSSR count). The summed E-state index contributed by atoms with van der Waals surface area (Å²) in [4.78, 5) is 4.13. The normalized spacial score (nSPS) is 9.81. The van der Waals surface area contributed by atoms with Crippen molar-refractivity contribution in [3.63, 3.8) is 0 Å². The molecule has 4 nitrogen and oxygen atoms in total. The van der Waals surface area contributed by atoms with Gasteiger partial charge in [0, 0.05) is 18.8 Å². The molecule has 1 heterocycles. The van der Waals surface area contributed by atoms with Gasteiger partial charge < -0.3 is 14.8 Å². The smallest absolute Gasteiger partial charge is 0.212 e. The number of nitrogens with zero attached hydrogens (tertiary/aromatic N) is 1. The van der Waals surface area contributed by atoms with Crippen LogP contribution in [0.1, 0.15) is 12.0 Å². The molecule has 0 atom stereocenters. The molecule has 0 amide bonds. The lowest BCUT2D eigenvalue weighted by Gasteiger charge is -2.05. The van der Waals surface area contributed by atoms with E-state index in [1.54, 1.807) is 7.11 Å². The highest BCUT2D eigenvalue weighted by Crippen LogP contribution is 2.05. The molecule has 0 aliphatic rings. The third-order valence-electron chi connectivity index (χ3n) is 2.07. The van der Waals surface area contributed by atoms with Crippen molar-refractivity contribution in [2.45, 2.75) is 13.0 Å². The SMILES string of the molecule is C=COCCCNCc1ccc(OC)nc1. The molecule has 0 aromatic carbocycles. The fourth-order valence-corrected chi connectivity index (χ4v) is 1.23. The monoisotopic (exact) mass is 222 g/mol. The van der Waals surface area contributed by atoms with E-state index in [4.69, 9.17) is 9.47 Å². The molecule has 0 aliphatic heterocycles. The second kappa shape index (κ2) is 7.70. The average Bonchev–Trinajstić information content (AvgIpc) is 2.34. The van der Waals surface area contributed by atoms with Gasteiger partial charge in [-0.25, -0.2) is 4.98 Å². The molecule has 4 heteroatoms. The Balaban J connectivity index is 2.14. The Labute approximate surface area is 96.3 Å². The Bertz CT molecular complexity index is 298. The van der Waals surface area contributed by atoms with E-state index >= 15 is 0 Å². The van der Waals surface area contributed by atoms with Crippen molar-refractivity contribution in [2.75, 3.05) is 20.3 Å². The minimum absolute atomic E-state index is 0.642. The molecule has 0 fully saturated rings. The predicted octanol–water partition coefficient (Wildman–Crippen LogP) is 1.73. The van der Waals surface area contributed by atoms with Crippen molar-refractivity contribution in [1.82, 2.24) is 10.3 Å². The Kier molecular flexibility index (Phi) is 6.03. The Morgan fingerprint density at radius 3 is 3.00 bits per heavy atom. The van der Waals surface area contributed by atoms with Crippen LogP contribution in [-0.4, -0.2) is 25.2 Å². The molecule has 0 bridgehead atoms. The maximum Gasteiger partial charge on any atom is 0.212 e. The summed E-state index contributed by atoms with van der Waals surface area (Å²) in [5, 5.41) is 3.30. The van der Waals surface area contributed by atoms with Gasteiger partial charge in [0.15, 0.2) is 0 Å². The number of methoxy groups -OCH3 is 1. The van der Waals surface area contributed by atoms with Crippen LogP contribution in [0.2, 0.25) is 0 Å². The third-order valence-corrected chi connectivity index (χ3v) is 2.07. The van der Waals surface area contributed by atoms with E-state index in [0.717, 1.165) is 25.1 Å². The molecule has 1 aromatic rings. The van der Waals surface area contributed by atoms with E-state index in [2.05, 4.69) is 16.9 Å². The minimum atomic E-state index is 0.642. The van der Waals surface area contributed by atoms with Crippen molar-refractivity contribution < 1.29 is 9.47 Å². The molecule has 0 saturated heterocycles. The summed E-state index contributed by atoms with van der Waals surface area (Å²) >= 11 is 0. The minimum Gasteiger partial charge on any atom is -0.502 e.